The van der Waals surface area contributed by atoms with E-state index in [4.69, 9.17) is 16.3 Å². The molecule has 2 amide bonds. The van der Waals surface area contributed by atoms with Crippen LogP contribution in [-0.4, -0.2) is 43.3 Å². The summed E-state index contributed by atoms with van der Waals surface area (Å²) in [6.45, 7) is -1.34. The number of alkyl halides is 2. The summed E-state index contributed by atoms with van der Waals surface area (Å²) in [7, 11) is 0. The summed E-state index contributed by atoms with van der Waals surface area (Å²) in [4.78, 5) is 14.2. The van der Waals surface area contributed by atoms with Gasteiger partial charge in [0.2, 0.25) is 0 Å². The number of hydrogen-bond donors (Lipinski definition) is 1. The standard InChI is InChI=1S/C15H17ClF2N2O3/c16-11-7-10(3-4-13(11)23-14(17)18)19-15(21)20-5-6-22-8-12(20)9-1-2-9/h3-4,7,9,12,14H,1-2,5-6,8H2,(H,19,21)/t12-/m0/s1. The van der Waals surface area contributed by atoms with E-state index in [1.165, 1.54) is 18.2 Å². The summed E-state index contributed by atoms with van der Waals surface area (Å²) in [6.07, 6.45) is 2.23. The van der Waals surface area contributed by atoms with Gasteiger partial charge in [-0.25, -0.2) is 4.79 Å². The van der Waals surface area contributed by atoms with Crippen molar-refractivity contribution in [1.29, 1.82) is 0 Å². The van der Waals surface area contributed by atoms with Crippen molar-refractivity contribution in [2.45, 2.75) is 25.5 Å². The monoisotopic (exact) mass is 346 g/mol. The Morgan fingerprint density at radius 3 is 2.87 bits per heavy atom. The van der Waals surface area contributed by atoms with E-state index in [1.54, 1.807) is 4.90 Å². The average molecular weight is 347 g/mol. The molecule has 0 radical (unpaired) electrons. The number of amides is 2. The number of hydrogen-bond acceptors (Lipinski definition) is 3. The molecule has 2 fully saturated rings. The van der Waals surface area contributed by atoms with Gasteiger partial charge in [0, 0.05) is 12.2 Å². The molecule has 23 heavy (non-hydrogen) atoms. The molecule has 1 heterocycles. The zero-order valence-corrected chi connectivity index (χ0v) is 13.1. The highest BCUT2D eigenvalue weighted by molar-refractivity contribution is 6.32. The van der Waals surface area contributed by atoms with Crippen LogP contribution in [0.2, 0.25) is 5.02 Å². The molecular weight excluding hydrogens is 330 g/mol. The lowest BCUT2D eigenvalue weighted by atomic mass is 10.1. The van der Waals surface area contributed by atoms with E-state index in [0.29, 0.717) is 31.4 Å². The largest absolute Gasteiger partial charge is 0.433 e. The minimum Gasteiger partial charge on any atom is -0.433 e. The second-order valence-corrected chi connectivity index (χ2v) is 6.03. The number of benzene rings is 1. The number of halogens is 3. The first-order valence-corrected chi connectivity index (χ1v) is 7.82. The number of nitrogens with zero attached hydrogens (tertiary/aromatic N) is 1. The number of carbonyl (C=O) groups excluding carboxylic acids is 1. The van der Waals surface area contributed by atoms with Crippen molar-refractivity contribution >= 4 is 23.3 Å². The molecule has 0 spiro atoms. The van der Waals surface area contributed by atoms with Crippen molar-refractivity contribution < 1.29 is 23.0 Å². The maximum atomic E-state index is 12.4. The predicted octanol–water partition coefficient (Wildman–Crippen LogP) is 3.58. The molecule has 1 atom stereocenters. The van der Waals surface area contributed by atoms with Gasteiger partial charge in [0.1, 0.15) is 5.75 Å². The average Bonchev–Trinajstić information content (AvgIpc) is 3.34. The molecule has 126 valence electrons. The zero-order chi connectivity index (χ0) is 16.4. The second-order valence-electron chi connectivity index (χ2n) is 5.63. The van der Waals surface area contributed by atoms with Gasteiger partial charge in [-0.2, -0.15) is 8.78 Å². The first kappa shape index (κ1) is 16.3. The molecule has 8 heteroatoms. The summed E-state index contributed by atoms with van der Waals surface area (Å²) in [6, 6.07) is 4.05. The van der Waals surface area contributed by atoms with Gasteiger partial charge in [-0.3, -0.25) is 0 Å². The fraction of sp³-hybridized carbons (Fsp3) is 0.533. The zero-order valence-electron chi connectivity index (χ0n) is 12.3. The van der Waals surface area contributed by atoms with E-state index in [1.807, 2.05) is 0 Å². The summed E-state index contributed by atoms with van der Waals surface area (Å²) in [5.41, 5.74) is 0.433. The van der Waals surface area contributed by atoms with E-state index < -0.39 is 6.61 Å². The number of morpholine rings is 1. The maximum absolute atomic E-state index is 12.4. The number of anilines is 1. The maximum Gasteiger partial charge on any atom is 0.387 e. The number of rotatable bonds is 4. The Morgan fingerprint density at radius 1 is 1.43 bits per heavy atom. The van der Waals surface area contributed by atoms with Crippen LogP contribution in [0.25, 0.3) is 0 Å². The SMILES string of the molecule is O=C(Nc1ccc(OC(F)F)c(Cl)c1)N1CCOC[C@H]1C1CC1. The van der Waals surface area contributed by atoms with Gasteiger partial charge in [0.05, 0.1) is 24.3 Å². The molecule has 0 unspecified atom stereocenters. The van der Waals surface area contributed by atoms with Crippen LogP contribution in [0.5, 0.6) is 5.75 Å². The van der Waals surface area contributed by atoms with Gasteiger partial charge in [-0.05, 0) is 37.0 Å². The van der Waals surface area contributed by atoms with E-state index in [9.17, 15) is 13.6 Å². The van der Waals surface area contributed by atoms with Gasteiger partial charge in [0.15, 0.2) is 0 Å². The molecule has 3 rings (SSSR count). The molecule has 5 nitrogen and oxygen atoms in total. The highest BCUT2D eigenvalue weighted by atomic mass is 35.5. The van der Waals surface area contributed by atoms with Crippen LogP contribution in [0.1, 0.15) is 12.8 Å². The molecule has 1 N–H and O–H groups in total. The molecule has 1 aromatic rings. The van der Waals surface area contributed by atoms with Crippen molar-refractivity contribution in [3.8, 4) is 5.75 Å². The van der Waals surface area contributed by atoms with Crippen LogP contribution in [0, 0.1) is 5.92 Å². The molecule has 2 aliphatic rings. The van der Waals surface area contributed by atoms with Crippen molar-refractivity contribution in [2.75, 3.05) is 25.1 Å². The number of ether oxygens (including phenoxy) is 2. The van der Waals surface area contributed by atoms with Crippen LogP contribution < -0.4 is 10.1 Å². The van der Waals surface area contributed by atoms with Crippen molar-refractivity contribution in [2.24, 2.45) is 5.92 Å². The Labute approximate surface area is 137 Å². The summed E-state index contributed by atoms with van der Waals surface area (Å²) in [5.74, 6) is 0.383. The summed E-state index contributed by atoms with van der Waals surface area (Å²) < 4.78 is 34.1. The molecule has 0 bridgehead atoms. The molecular formula is C15H17ClF2N2O3. The fourth-order valence-corrected chi connectivity index (χ4v) is 2.94. The van der Waals surface area contributed by atoms with Gasteiger partial charge >= 0.3 is 12.6 Å². The summed E-state index contributed by atoms with van der Waals surface area (Å²) >= 11 is 5.89. The van der Waals surface area contributed by atoms with Crippen LogP contribution in [-0.2, 0) is 4.74 Å². The normalized spacial score (nSPS) is 21.4. The van der Waals surface area contributed by atoms with Crippen molar-refractivity contribution in [3.05, 3.63) is 23.2 Å². The minimum atomic E-state index is -2.94. The lowest BCUT2D eigenvalue weighted by Gasteiger charge is -2.35. The predicted molar refractivity (Wildman–Crippen MR) is 81.1 cm³/mol. The lowest BCUT2D eigenvalue weighted by Crippen LogP contribution is -2.51. The number of urea groups is 1. The molecule has 1 saturated carbocycles. The number of carbonyl (C=O) groups is 1. The van der Waals surface area contributed by atoms with Crippen LogP contribution in [0.3, 0.4) is 0 Å². The molecule has 1 aromatic carbocycles. The Hall–Kier alpha value is -1.60. The van der Waals surface area contributed by atoms with Crippen LogP contribution in [0.15, 0.2) is 18.2 Å². The van der Waals surface area contributed by atoms with Crippen LogP contribution in [0.4, 0.5) is 19.3 Å². The van der Waals surface area contributed by atoms with E-state index in [-0.39, 0.29) is 22.8 Å². The Morgan fingerprint density at radius 2 is 2.22 bits per heavy atom. The first-order chi connectivity index (χ1) is 11.0. The lowest BCUT2D eigenvalue weighted by molar-refractivity contribution is -0.0497. The first-order valence-electron chi connectivity index (χ1n) is 7.44. The van der Waals surface area contributed by atoms with E-state index in [2.05, 4.69) is 10.1 Å². The Balaban J connectivity index is 1.66. The third-order valence-corrected chi connectivity index (χ3v) is 4.29. The summed E-state index contributed by atoms with van der Waals surface area (Å²) in [5, 5.41) is 2.77. The quantitative estimate of drug-likeness (QED) is 0.906. The number of nitrogens with one attached hydrogen (secondary N) is 1. The smallest absolute Gasteiger partial charge is 0.387 e. The second kappa shape index (κ2) is 6.88. The van der Waals surface area contributed by atoms with Gasteiger partial charge < -0.3 is 19.7 Å². The topological polar surface area (TPSA) is 50.8 Å². The molecule has 1 aliphatic carbocycles. The molecule has 1 saturated heterocycles. The molecule has 0 aromatic heterocycles. The van der Waals surface area contributed by atoms with Crippen molar-refractivity contribution in [3.63, 3.8) is 0 Å². The highest BCUT2D eigenvalue weighted by Crippen LogP contribution is 2.37. The Bertz CT molecular complexity index is 584. The van der Waals surface area contributed by atoms with E-state index in [0.717, 1.165) is 12.8 Å². The third-order valence-electron chi connectivity index (χ3n) is 3.99. The van der Waals surface area contributed by atoms with Crippen LogP contribution >= 0.6 is 11.6 Å². The van der Waals surface area contributed by atoms with Gasteiger partial charge in [0.25, 0.3) is 0 Å². The van der Waals surface area contributed by atoms with E-state index >= 15 is 0 Å². The molecule has 1 aliphatic heterocycles. The highest BCUT2D eigenvalue weighted by Gasteiger charge is 2.39. The Kier molecular flexibility index (Phi) is 4.87. The van der Waals surface area contributed by atoms with Gasteiger partial charge in [-0.1, -0.05) is 11.6 Å². The van der Waals surface area contributed by atoms with Gasteiger partial charge in [-0.15, -0.1) is 0 Å². The minimum absolute atomic E-state index is 0.0174. The fourth-order valence-electron chi connectivity index (χ4n) is 2.71. The van der Waals surface area contributed by atoms with Crippen molar-refractivity contribution in [1.82, 2.24) is 4.90 Å². The third kappa shape index (κ3) is 4.03.